The van der Waals surface area contributed by atoms with Gasteiger partial charge in [0.2, 0.25) is 0 Å². The first-order chi connectivity index (χ1) is 9.18. The maximum atomic E-state index is 12.7. The van der Waals surface area contributed by atoms with Gasteiger partial charge in [0.25, 0.3) is 5.91 Å². The monoisotopic (exact) mass is 278 g/mol. The number of likely N-dealkylation sites (tertiary alicyclic amines) is 2. The summed E-state index contributed by atoms with van der Waals surface area (Å²) in [6, 6.07) is 3.05. The number of thiophene rings is 1. The fraction of sp³-hybridized carbons (Fsp3) is 0.667. The molecule has 0 radical (unpaired) electrons. The zero-order valence-corrected chi connectivity index (χ0v) is 12.6. The second-order valence-corrected chi connectivity index (χ2v) is 6.75. The van der Waals surface area contributed by atoms with Crippen LogP contribution in [0.4, 0.5) is 0 Å². The fourth-order valence-electron chi connectivity index (χ4n) is 3.59. The molecule has 2 aliphatic rings. The molecule has 3 nitrogen and oxygen atoms in total. The van der Waals surface area contributed by atoms with Crippen molar-refractivity contribution >= 4 is 17.2 Å². The molecule has 4 heteroatoms. The van der Waals surface area contributed by atoms with E-state index in [-0.39, 0.29) is 5.91 Å². The number of nitrogens with zero attached hydrogens (tertiary/aromatic N) is 2. The lowest BCUT2D eigenvalue weighted by molar-refractivity contribution is 0.0668. The summed E-state index contributed by atoms with van der Waals surface area (Å²) in [5, 5.41) is 2.02. The van der Waals surface area contributed by atoms with E-state index in [1.54, 1.807) is 11.3 Å². The predicted molar refractivity (Wildman–Crippen MR) is 78.8 cm³/mol. The van der Waals surface area contributed by atoms with Crippen LogP contribution in [0, 0.1) is 6.92 Å². The Kier molecular flexibility index (Phi) is 3.63. The van der Waals surface area contributed by atoms with Crippen molar-refractivity contribution in [3.63, 3.8) is 0 Å². The van der Waals surface area contributed by atoms with Gasteiger partial charge in [0.05, 0.1) is 4.88 Å². The van der Waals surface area contributed by atoms with Crippen LogP contribution in [-0.4, -0.2) is 47.9 Å². The topological polar surface area (TPSA) is 23.6 Å². The number of aryl methyl sites for hydroxylation is 1. The van der Waals surface area contributed by atoms with Crippen LogP contribution in [0.3, 0.4) is 0 Å². The molecule has 1 amide bonds. The quantitative estimate of drug-likeness (QED) is 0.830. The molecule has 0 N–H and O–H groups in total. The van der Waals surface area contributed by atoms with Crippen molar-refractivity contribution in [1.29, 1.82) is 0 Å². The van der Waals surface area contributed by atoms with Crippen LogP contribution in [0.1, 0.15) is 40.9 Å². The van der Waals surface area contributed by atoms with Gasteiger partial charge < -0.3 is 9.80 Å². The van der Waals surface area contributed by atoms with Crippen molar-refractivity contribution in [3.05, 3.63) is 21.9 Å². The Morgan fingerprint density at radius 2 is 2.00 bits per heavy atom. The van der Waals surface area contributed by atoms with Crippen molar-refractivity contribution in [3.8, 4) is 0 Å². The Hall–Kier alpha value is -0.870. The van der Waals surface area contributed by atoms with E-state index in [9.17, 15) is 4.79 Å². The summed E-state index contributed by atoms with van der Waals surface area (Å²) in [6.07, 6.45) is 4.85. The standard InChI is InChI=1S/C15H22N2OS/c1-11-7-10-19-14(11)15(18)17-9-4-6-13(17)12-5-3-8-16(12)2/h7,10,12-13H,3-6,8-9H2,1-2H3. The molecule has 2 saturated heterocycles. The largest absolute Gasteiger partial charge is 0.333 e. The third-order valence-corrected chi connectivity index (χ3v) is 5.64. The van der Waals surface area contributed by atoms with Gasteiger partial charge in [-0.25, -0.2) is 0 Å². The normalized spacial score (nSPS) is 28.2. The summed E-state index contributed by atoms with van der Waals surface area (Å²) in [5.41, 5.74) is 1.13. The van der Waals surface area contributed by atoms with Crippen molar-refractivity contribution in [1.82, 2.24) is 9.80 Å². The number of likely N-dealkylation sites (N-methyl/N-ethyl adjacent to an activating group) is 1. The first-order valence-corrected chi connectivity index (χ1v) is 8.12. The lowest BCUT2D eigenvalue weighted by Crippen LogP contribution is -2.47. The summed E-state index contributed by atoms with van der Waals surface area (Å²) < 4.78 is 0. The van der Waals surface area contributed by atoms with Crippen LogP contribution in [0.2, 0.25) is 0 Å². The van der Waals surface area contributed by atoms with E-state index in [0.29, 0.717) is 12.1 Å². The summed E-state index contributed by atoms with van der Waals surface area (Å²) in [7, 11) is 2.20. The molecule has 2 unspecified atom stereocenters. The zero-order chi connectivity index (χ0) is 13.4. The lowest BCUT2D eigenvalue weighted by Gasteiger charge is -2.33. The highest BCUT2D eigenvalue weighted by Gasteiger charge is 2.39. The highest BCUT2D eigenvalue weighted by atomic mass is 32.1. The van der Waals surface area contributed by atoms with Crippen molar-refractivity contribution in [2.24, 2.45) is 0 Å². The number of hydrogen-bond donors (Lipinski definition) is 0. The summed E-state index contributed by atoms with van der Waals surface area (Å²) in [4.78, 5) is 18.2. The Morgan fingerprint density at radius 1 is 1.26 bits per heavy atom. The van der Waals surface area contributed by atoms with Gasteiger partial charge in [-0.15, -0.1) is 11.3 Å². The predicted octanol–water partition coefficient (Wildman–Crippen LogP) is 2.76. The van der Waals surface area contributed by atoms with Crippen molar-refractivity contribution in [2.45, 2.75) is 44.7 Å². The first kappa shape index (κ1) is 13.1. The van der Waals surface area contributed by atoms with Crippen LogP contribution in [-0.2, 0) is 0 Å². The number of carbonyl (C=O) groups is 1. The summed E-state index contributed by atoms with van der Waals surface area (Å²) >= 11 is 1.59. The van der Waals surface area contributed by atoms with Gasteiger partial charge in [-0.3, -0.25) is 4.79 Å². The third kappa shape index (κ3) is 2.32. The van der Waals surface area contributed by atoms with Crippen LogP contribution in [0.15, 0.2) is 11.4 Å². The lowest BCUT2D eigenvalue weighted by atomic mass is 10.0. The molecule has 0 aliphatic carbocycles. The van der Waals surface area contributed by atoms with Crippen LogP contribution < -0.4 is 0 Å². The molecule has 104 valence electrons. The maximum Gasteiger partial charge on any atom is 0.264 e. The average molecular weight is 278 g/mol. The van der Waals surface area contributed by atoms with Gasteiger partial charge in [-0.2, -0.15) is 0 Å². The van der Waals surface area contributed by atoms with Crippen LogP contribution in [0.5, 0.6) is 0 Å². The van der Waals surface area contributed by atoms with Gasteiger partial charge in [0, 0.05) is 18.6 Å². The Labute approximate surface area is 119 Å². The number of carbonyl (C=O) groups excluding carboxylic acids is 1. The molecular formula is C15H22N2OS. The Bertz CT molecular complexity index is 470. The van der Waals surface area contributed by atoms with Crippen LogP contribution >= 0.6 is 11.3 Å². The molecule has 1 aromatic rings. The average Bonchev–Trinajstić information content (AvgIpc) is 3.07. The molecular weight excluding hydrogens is 256 g/mol. The minimum Gasteiger partial charge on any atom is -0.333 e. The van der Waals surface area contributed by atoms with E-state index >= 15 is 0 Å². The van der Waals surface area contributed by atoms with Gasteiger partial charge in [0.1, 0.15) is 0 Å². The number of hydrogen-bond acceptors (Lipinski definition) is 3. The van der Waals surface area contributed by atoms with E-state index in [1.807, 2.05) is 18.4 Å². The van der Waals surface area contributed by atoms with E-state index in [1.165, 1.54) is 25.8 Å². The number of amides is 1. The highest BCUT2D eigenvalue weighted by Crippen LogP contribution is 2.31. The fourth-order valence-corrected chi connectivity index (χ4v) is 4.47. The molecule has 3 rings (SSSR count). The van der Waals surface area contributed by atoms with Gasteiger partial charge in [-0.05, 0) is 63.2 Å². The van der Waals surface area contributed by atoms with E-state index in [0.717, 1.165) is 23.4 Å². The molecule has 3 heterocycles. The molecule has 2 fully saturated rings. The highest BCUT2D eigenvalue weighted by molar-refractivity contribution is 7.12. The number of rotatable bonds is 2. The minimum atomic E-state index is 0.260. The minimum absolute atomic E-state index is 0.260. The molecule has 19 heavy (non-hydrogen) atoms. The SMILES string of the molecule is Cc1ccsc1C(=O)N1CCCC1C1CCCN1C. The Morgan fingerprint density at radius 3 is 2.63 bits per heavy atom. The summed E-state index contributed by atoms with van der Waals surface area (Å²) in [5.74, 6) is 0.260. The van der Waals surface area contributed by atoms with E-state index in [2.05, 4.69) is 16.8 Å². The molecule has 0 bridgehead atoms. The Balaban J connectivity index is 1.80. The summed E-state index contributed by atoms with van der Waals surface area (Å²) in [6.45, 7) is 4.16. The van der Waals surface area contributed by atoms with Gasteiger partial charge in [-0.1, -0.05) is 0 Å². The molecule has 2 atom stereocenters. The van der Waals surface area contributed by atoms with Crippen molar-refractivity contribution < 1.29 is 4.79 Å². The molecule has 0 aromatic carbocycles. The zero-order valence-electron chi connectivity index (χ0n) is 11.8. The molecule has 0 saturated carbocycles. The third-order valence-electron chi connectivity index (χ3n) is 4.64. The van der Waals surface area contributed by atoms with Crippen molar-refractivity contribution in [2.75, 3.05) is 20.1 Å². The smallest absolute Gasteiger partial charge is 0.264 e. The second-order valence-electron chi connectivity index (χ2n) is 5.83. The van der Waals surface area contributed by atoms with E-state index < -0.39 is 0 Å². The van der Waals surface area contributed by atoms with E-state index in [4.69, 9.17) is 0 Å². The molecule has 2 aliphatic heterocycles. The molecule has 1 aromatic heterocycles. The van der Waals surface area contributed by atoms with Gasteiger partial charge >= 0.3 is 0 Å². The van der Waals surface area contributed by atoms with Gasteiger partial charge in [0.15, 0.2) is 0 Å². The molecule has 0 spiro atoms. The van der Waals surface area contributed by atoms with Crippen LogP contribution in [0.25, 0.3) is 0 Å². The maximum absolute atomic E-state index is 12.7. The first-order valence-electron chi connectivity index (χ1n) is 7.24. The second kappa shape index (κ2) is 5.25.